The number of aliphatic hydroxyl groups excluding tert-OH is 1. The van der Waals surface area contributed by atoms with Gasteiger partial charge < -0.3 is 25.2 Å². The number of nitrogens with zero attached hydrogens (tertiary/aromatic N) is 2. The highest BCUT2D eigenvalue weighted by molar-refractivity contribution is 6.01. The molecule has 0 amide bonds. The van der Waals surface area contributed by atoms with E-state index in [1.165, 1.54) is 60.8 Å². The van der Waals surface area contributed by atoms with Gasteiger partial charge in [-0.3, -0.25) is 9.69 Å². The standard InChI is InChI=1S/C52H63N3O5/c1-28-13-14-33-23-37-29(2)21-34-15-16-39-35-22-30-25-54(27-35)40(31-8-4-3-5-9-31)24-41(56)47-50-18-17-36(44(37)46(34)55(39)26-30)45(33)51(50,49(58)59-47)42(20-28)52(50)38-12-6-10-32(11-7-19-53)43(38)48(57)60-52/h6,10,12,15-16,23,28-31,35,37,39-40,42,44,56H,3-5,7-9,11,13-14,17-22,24-27,53H2,1-2H3/b47-41-/t28-,29-,30+,35-,37-,39-,40+,42-,44-,50+,51+,52+/m0/s1. The van der Waals surface area contributed by atoms with Gasteiger partial charge in [0.2, 0.25) is 0 Å². The van der Waals surface area contributed by atoms with E-state index in [0.717, 1.165) is 69.3 Å². The van der Waals surface area contributed by atoms with Gasteiger partial charge in [-0.2, -0.15) is 0 Å². The lowest BCUT2D eigenvalue weighted by Crippen LogP contribution is -2.77. The highest BCUT2D eigenvalue weighted by Crippen LogP contribution is 2.88. The van der Waals surface area contributed by atoms with E-state index >= 15 is 4.79 Å². The van der Waals surface area contributed by atoms with Crippen LogP contribution in [0.3, 0.4) is 0 Å². The average molecular weight is 810 g/mol. The number of hydrogen-bond donors (Lipinski definition) is 2. The van der Waals surface area contributed by atoms with E-state index in [0.29, 0.717) is 78.7 Å². The largest absolute Gasteiger partial charge is 0.509 e. The number of rotatable bonds is 4. The first kappa shape index (κ1) is 37.0. The molecule has 316 valence electrons. The molecule has 3 N–H and O–H groups in total. The molecular formula is C52H63N3O5. The zero-order valence-electron chi connectivity index (χ0n) is 35.7. The van der Waals surface area contributed by atoms with Gasteiger partial charge in [-0.25, -0.2) is 4.79 Å². The molecule has 16 rings (SSSR count). The van der Waals surface area contributed by atoms with Crippen LogP contribution in [0, 0.1) is 58.2 Å². The number of benzene rings is 1. The van der Waals surface area contributed by atoms with Crippen LogP contribution < -0.4 is 5.73 Å². The van der Waals surface area contributed by atoms with Gasteiger partial charge in [0.25, 0.3) is 0 Å². The summed E-state index contributed by atoms with van der Waals surface area (Å²) in [5.41, 5.74) is 12.5. The average Bonchev–Trinajstić information content (AvgIpc) is 3.71. The Morgan fingerprint density at radius 2 is 1.85 bits per heavy atom. The molecule has 9 aliphatic heterocycles. The lowest BCUT2D eigenvalue weighted by atomic mass is 9.28. The molecule has 3 saturated heterocycles. The summed E-state index contributed by atoms with van der Waals surface area (Å²) in [7, 11) is 0. The fourth-order valence-electron chi connectivity index (χ4n) is 17.3. The smallest absolute Gasteiger partial charge is 0.339 e. The van der Waals surface area contributed by atoms with Crippen LogP contribution in [0.15, 0.2) is 75.9 Å². The maximum Gasteiger partial charge on any atom is 0.339 e. The van der Waals surface area contributed by atoms with Crippen LogP contribution in [-0.4, -0.2) is 65.1 Å². The van der Waals surface area contributed by atoms with Crippen molar-refractivity contribution < 1.29 is 24.2 Å². The molecule has 0 radical (unpaired) electrons. The van der Waals surface area contributed by atoms with Gasteiger partial charge in [0.15, 0.2) is 11.4 Å². The number of allylic oxidation sites excluding steroid dienone is 5. The Morgan fingerprint density at radius 3 is 2.70 bits per heavy atom. The number of aliphatic hydroxyl groups is 1. The minimum absolute atomic E-state index is 0.159. The molecule has 1 unspecified atom stereocenters. The minimum Gasteiger partial charge on any atom is -0.509 e. The number of carbonyl (C=O) groups excluding carboxylic acids is 2. The number of carbonyl (C=O) groups is 2. The van der Waals surface area contributed by atoms with Gasteiger partial charge in [-0.1, -0.05) is 75.1 Å². The number of nitrogens with two attached hydrogens (primary N) is 1. The molecule has 13 atom stereocenters. The van der Waals surface area contributed by atoms with Crippen LogP contribution >= 0.6 is 0 Å². The normalized spacial score (nSPS) is 45.6. The molecule has 1 aromatic rings. The molecule has 15 aliphatic rings. The van der Waals surface area contributed by atoms with Gasteiger partial charge in [0, 0.05) is 55.2 Å². The Balaban J connectivity index is 1.11. The molecule has 8 nitrogen and oxygen atoms in total. The van der Waals surface area contributed by atoms with Crippen molar-refractivity contribution in [1.29, 1.82) is 0 Å². The molecular weight excluding hydrogens is 747 g/mol. The minimum atomic E-state index is -1.13. The summed E-state index contributed by atoms with van der Waals surface area (Å²) in [5.74, 6) is 2.82. The monoisotopic (exact) mass is 809 g/mol. The molecule has 8 heteroatoms. The Morgan fingerprint density at radius 1 is 0.983 bits per heavy atom. The summed E-state index contributed by atoms with van der Waals surface area (Å²) < 4.78 is 14.1. The van der Waals surface area contributed by atoms with E-state index in [1.54, 1.807) is 5.70 Å². The maximum atomic E-state index is 15.9. The number of piperidine rings is 2. The predicted octanol–water partition coefficient (Wildman–Crippen LogP) is 8.79. The van der Waals surface area contributed by atoms with Crippen LogP contribution in [0.1, 0.15) is 125 Å². The van der Waals surface area contributed by atoms with Crippen molar-refractivity contribution in [3.63, 3.8) is 0 Å². The molecule has 60 heavy (non-hydrogen) atoms. The first-order chi connectivity index (χ1) is 29.2. The molecule has 6 aliphatic carbocycles. The first-order valence-corrected chi connectivity index (χ1v) is 24.3. The molecule has 0 aromatic heterocycles. The number of esters is 2. The van der Waals surface area contributed by atoms with E-state index in [1.807, 2.05) is 0 Å². The highest BCUT2D eigenvalue weighted by Gasteiger charge is 2.93. The Kier molecular flexibility index (Phi) is 7.85. The summed E-state index contributed by atoms with van der Waals surface area (Å²) in [6, 6.07) is 6.82. The summed E-state index contributed by atoms with van der Waals surface area (Å²) >= 11 is 0. The molecule has 1 aromatic carbocycles. The van der Waals surface area contributed by atoms with E-state index in [4.69, 9.17) is 15.2 Å². The van der Waals surface area contributed by atoms with Crippen molar-refractivity contribution in [3.05, 3.63) is 92.6 Å². The quantitative estimate of drug-likeness (QED) is 0.291. The van der Waals surface area contributed by atoms with Crippen molar-refractivity contribution >= 4 is 11.9 Å². The summed E-state index contributed by atoms with van der Waals surface area (Å²) in [6.45, 7) is 8.52. The summed E-state index contributed by atoms with van der Waals surface area (Å²) in [5, 5.41) is 13.2. The van der Waals surface area contributed by atoms with Crippen molar-refractivity contribution in [2.75, 3.05) is 26.2 Å². The SMILES string of the molecule is C[C@H]1CCC2=C[C@@H]3[C@@H]4C5=C2[C@]26C(=O)O/C(=C(\O)C[C@H](C7CCCCC7)N7C[C@H]8C[C@@H](C7)[C@@H]7C=CC(=C4N7C8)C[C@@H]3C)[C@@]2(CC5)[C@]2(OC(=O)c3c(CCCN)cccc32)[C@H]6C1. The third kappa shape index (κ3) is 4.32. The zero-order valence-corrected chi connectivity index (χ0v) is 35.7. The Hall–Kier alpha value is -3.62. The molecule has 6 fully saturated rings. The van der Waals surface area contributed by atoms with Crippen molar-refractivity contribution in [1.82, 2.24) is 9.80 Å². The summed E-state index contributed by atoms with van der Waals surface area (Å²) in [6.07, 6.45) is 22.2. The lowest BCUT2D eigenvalue weighted by Gasteiger charge is -2.72. The highest BCUT2D eigenvalue weighted by atomic mass is 16.6. The zero-order chi connectivity index (χ0) is 40.4. The Bertz CT molecular complexity index is 2280. The fourth-order valence-corrected chi connectivity index (χ4v) is 17.3. The number of aryl methyl sites for hydroxylation is 1. The summed E-state index contributed by atoms with van der Waals surface area (Å²) in [4.78, 5) is 36.4. The molecule has 3 saturated carbocycles. The van der Waals surface area contributed by atoms with Crippen LogP contribution in [0.25, 0.3) is 0 Å². The van der Waals surface area contributed by atoms with Crippen molar-refractivity contribution in [2.45, 2.75) is 128 Å². The second-order valence-electron chi connectivity index (χ2n) is 21.9. The molecule has 3 spiro atoms. The van der Waals surface area contributed by atoms with Crippen LogP contribution in [0.4, 0.5) is 0 Å². The van der Waals surface area contributed by atoms with Gasteiger partial charge >= 0.3 is 11.9 Å². The number of hydrogen-bond acceptors (Lipinski definition) is 8. The third-order valence-corrected chi connectivity index (χ3v) is 19.2. The number of fused-ring (bicyclic) bond motifs is 3. The van der Waals surface area contributed by atoms with E-state index in [9.17, 15) is 9.90 Å². The number of ether oxygens (including phenoxy) is 2. The fraction of sp³-hybridized carbons (Fsp3) is 0.654. The van der Waals surface area contributed by atoms with E-state index < -0.39 is 16.4 Å². The lowest BCUT2D eigenvalue weighted by molar-refractivity contribution is -0.279. The van der Waals surface area contributed by atoms with Gasteiger partial charge in [-0.15, -0.1) is 0 Å². The van der Waals surface area contributed by atoms with Gasteiger partial charge in [0.05, 0.1) is 17.0 Å². The van der Waals surface area contributed by atoms with E-state index in [-0.39, 0.29) is 35.6 Å². The molecule has 12 bridgehead atoms. The maximum absolute atomic E-state index is 15.9. The van der Waals surface area contributed by atoms with Crippen LogP contribution in [0.2, 0.25) is 0 Å². The molecule has 9 heterocycles. The van der Waals surface area contributed by atoms with Crippen molar-refractivity contribution in [3.8, 4) is 0 Å². The van der Waals surface area contributed by atoms with Crippen LogP contribution in [0.5, 0.6) is 0 Å². The van der Waals surface area contributed by atoms with Gasteiger partial charge in [0.1, 0.15) is 11.2 Å². The third-order valence-electron chi connectivity index (χ3n) is 19.2. The van der Waals surface area contributed by atoms with Crippen molar-refractivity contribution in [2.24, 2.45) is 63.9 Å². The predicted molar refractivity (Wildman–Crippen MR) is 228 cm³/mol. The second-order valence-corrected chi connectivity index (χ2v) is 21.9. The van der Waals surface area contributed by atoms with Crippen LogP contribution in [-0.2, 0) is 26.3 Å². The van der Waals surface area contributed by atoms with E-state index in [2.05, 4.69) is 60.1 Å². The topological polar surface area (TPSA) is 105 Å². The Labute approximate surface area is 355 Å². The second kappa shape index (κ2) is 12.7. The van der Waals surface area contributed by atoms with Gasteiger partial charge in [-0.05, 0) is 135 Å². The first-order valence-electron chi connectivity index (χ1n) is 24.3.